The van der Waals surface area contributed by atoms with Crippen LogP contribution in [0.25, 0.3) is 11.0 Å². The van der Waals surface area contributed by atoms with Crippen molar-refractivity contribution in [1.29, 1.82) is 0 Å². The maximum Gasteiger partial charge on any atom is 0.291 e. The van der Waals surface area contributed by atoms with Gasteiger partial charge in [-0.1, -0.05) is 65.6 Å². The van der Waals surface area contributed by atoms with Crippen LogP contribution in [0.4, 0.5) is 0 Å². The Morgan fingerprint density at radius 3 is 2.58 bits per heavy atom. The molecule has 1 aromatic heterocycles. The highest BCUT2D eigenvalue weighted by atomic mass is 79.9. The molecule has 0 aliphatic carbocycles. The van der Waals surface area contributed by atoms with Crippen molar-refractivity contribution >= 4 is 44.4 Å². The minimum absolute atomic E-state index is 0.0399. The largest absolute Gasteiger partial charge is 0.493 e. The summed E-state index contributed by atoms with van der Waals surface area (Å²) in [5.41, 5.74) is 1.87. The topological polar surface area (TPSA) is 69.0 Å². The molecule has 4 aromatic rings. The van der Waals surface area contributed by atoms with Crippen molar-refractivity contribution in [3.05, 3.63) is 103 Å². The molecule has 196 valence electrons. The number of halogens is 2. The Kier molecular flexibility index (Phi) is 7.50. The highest BCUT2D eigenvalue weighted by Crippen LogP contribution is 2.42. The fraction of sp³-hybridized carbons (Fsp3) is 0.267. The van der Waals surface area contributed by atoms with Gasteiger partial charge in [0.15, 0.2) is 16.9 Å². The lowest BCUT2D eigenvalue weighted by Crippen LogP contribution is -2.29. The second-order valence-corrected chi connectivity index (χ2v) is 11.0. The molecule has 0 spiro atoms. The molecule has 0 radical (unpaired) electrons. The first-order valence-corrected chi connectivity index (χ1v) is 13.6. The highest BCUT2D eigenvalue weighted by Gasteiger charge is 2.43. The van der Waals surface area contributed by atoms with E-state index in [1.807, 2.05) is 36.4 Å². The summed E-state index contributed by atoms with van der Waals surface area (Å²) in [6, 6.07) is 17.3. The number of amides is 1. The van der Waals surface area contributed by atoms with Gasteiger partial charge in [0, 0.05) is 16.0 Å². The van der Waals surface area contributed by atoms with Crippen molar-refractivity contribution in [3.8, 4) is 11.5 Å². The predicted octanol–water partition coefficient (Wildman–Crippen LogP) is 7.39. The van der Waals surface area contributed by atoms with Crippen LogP contribution in [-0.4, -0.2) is 24.5 Å². The minimum atomic E-state index is -0.702. The summed E-state index contributed by atoms with van der Waals surface area (Å²) in [7, 11) is 1.57. The molecule has 2 heterocycles. The second kappa shape index (κ2) is 10.8. The van der Waals surface area contributed by atoms with Crippen molar-refractivity contribution in [2.75, 3.05) is 13.7 Å². The van der Waals surface area contributed by atoms with E-state index in [0.717, 1.165) is 16.5 Å². The number of carbonyl (C=O) groups excluding carboxylic acids is 1. The van der Waals surface area contributed by atoms with Crippen LogP contribution in [0.3, 0.4) is 0 Å². The monoisotopic (exact) mass is 595 g/mol. The smallest absolute Gasteiger partial charge is 0.291 e. The first-order chi connectivity index (χ1) is 18.3. The van der Waals surface area contributed by atoms with Crippen LogP contribution in [0, 0.1) is 5.92 Å². The lowest BCUT2D eigenvalue weighted by molar-refractivity contribution is 0.0714. The third-order valence-electron chi connectivity index (χ3n) is 6.68. The van der Waals surface area contributed by atoms with Gasteiger partial charge in [0.1, 0.15) is 5.58 Å². The molecular formula is C30H27BrClNO5. The van der Waals surface area contributed by atoms with Gasteiger partial charge in [0.25, 0.3) is 5.91 Å². The average Bonchev–Trinajstić information content (AvgIpc) is 3.17. The number of carbonyl (C=O) groups is 1. The van der Waals surface area contributed by atoms with Gasteiger partial charge in [0.2, 0.25) is 5.76 Å². The summed E-state index contributed by atoms with van der Waals surface area (Å²) >= 11 is 9.90. The Hall–Kier alpha value is -3.29. The zero-order valence-electron chi connectivity index (χ0n) is 21.3. The third-order valence-corrected chi connectivity index (χ3v) is 7.54. The Morgan fingerprint density at radius 2 is 1.84 bits per heavy atom. The molecule has 38 heavy (non-hydrogen) atoms. The van der Waals surface area contributed by atoms with Crippen LogP contribution in [0.15, 0.2) is 74.3 Å². The van der Waals surface area contributed by atoms with E-state index < -0.39 is 6.04 Å². The molecule has 3 aromatic carbocycles. The molecule has 8 heteroatoms. The van der Waals surface area contributed by atoms with Gasteiger partial charge in [-0.3, -0.25) is 9.59 Å². The van der Waals surface area contributed by atoms with Gasteiger partial charge < -0.3 is 18.8 Å². The van der Waals surface area contributed by atoms with Crippen molar-refractivity contribution in [1.82, 2.24) is 4.90 Å². The van der Waals surface area contributed by atoms with Gasteiger partial charge in [0.05, 0.1) is 30.7 Å². The highest BCUT2D eigenvalue weighted by molar-refractivity contribution is 9.10. The summed E-state index contributed by atoms with van der Waals surface area (Å²) in [5.74, 6) is 1.31. The fourth-order valence-corrected chi connectivity index (χ4v) is 5.25. The number of hydrogen-bond acceptors (Lipinski definition) is 5. The standard InChI is InChI=1S/C30H27BrClNO5/c1-17(2)12-13-37-24-10-8-18(14-25(24)36-3)27-26-28(34)21-15-20(31)9-11-23(21)38-29(26)30(35)33(27)16-19-6-4-5-7-22(19)32/h4-11,14-15,17,27H,12-13,16H2,1-3H3. The van der Waals surface area contributed by atoms with Crippen LogP contribution in [-0.2, 0) is 6.54 Å². The minimum Gasteiger partial charge on any atom is -0.493 e. The molecule has 0 fully saturated rings. The zero-order valence-corrected chi connectivity index (χ0v) is 23.6. The number of fused-ring (bicyclic) bond motifs is 2. The van der Waals surface area contributed by atoms with Crippen LogP contribution in [0.2, 0.25) is 5.02 Å². The normalized spacial score (nSPS) is 14.8. The van der Waals surface area contributed by atoms with Crippen LogP contribution >= 0.6 is 27.5 Å². The molecule has 1 amide bonds. The molecule has 1 atom stereocenters. The molecule has 1 aliphatic heterocycles. The first-order valence-electron chi connectivity index (χ1n) is 12.4. The summed E-state index contributed by atoms with van der Waals surface area (Å²) in [6.45, 7) is 5.03. The van der Waals surface area contributed by atoms with Crippen molar-refractivity contribution in [2.24, 2.45) is 5.92 Å². The molecular weight excluding hydrogens is 570 g/mol. The number of rotatable bonds is 8. The molecule has 0 saturated heterocycles. The number of benzene rings is 3. The SMILES string of the molecule is COc1cc(C2c3c(oc4ccc(Br)cc4c3=O)C(=O)N2Cc2ccccc2Cl)ccc1OCCC(C)C. The fourth-order valence-electron chi connectivity index (χ4n) is 4.69. The number of nitrogens with zero attached hydrogens (tertiary/aromatic N) is 1. The van der Waals surface area contributed by atoms with Crippen molar-refractivity contribution in [2.45, 2.75) is 32.9 Å². The van der Waals surface area contributed by atoms with Crippen molar-refractivity contribution < 1.29 is 18.7 Å². The van der Waals surface area contributed by atoms with E-state index in [0.29, 0.717) is 51.1 Å². The molecule has 1 aliphatic rings. The van der Waals surface area contributed by atoms with Crippen LogP contribution in [0.5, 0.6) is 11.5 Å². The Balaban J connectivity index is 1.65. The third kappa shape index (κ3) is 4.93. The summed E-state index contributed by atoms with van der Waals surface area (Å²) in [6.07, 6.45) is 0.907. The molecule has 1 unspecified atom stereocenters. The number of hydrogen-bond donors (Lipinski definition) is 0. The summed E-state index contributed by atoms with van der Waals surface area (Å²) < 4.78 is 18.4. The zero-order chi connectivity index (χ0) is 27.0. The quantitative estimate of drug-likeness (QED) is 0.212. The lowest BCUT2D eigenvalue weighted by Gasteiger charge is -2.26. The molecule has 6 nitrogen and oxygen atoms in total. The predicted molar refractivity (Wildman–Crippen MR) is 151 cm³/mol. The van der Waals surface area contributed by atoms with E-state index in [1.165, 1.54) is 0 Å². The summed E-state index contributed by atoms with van der Waals surface area (Å²) in [5, 5.41) is 0.936. The Bertz CT molecular complexity index is 1580. The van der Waals surface area contributed by atoms with E-state index >= 15 is 0 Å². The van der Waals surface area contributed by atoms with E-state index in [1.54, 1.807) is 36.3 Å². The number of ether oxygens (including phenoxy) is 2. The first kappa shape index (κ1) is 26.3. The van der Waals surface area contributed by atoms with Crippen molar-refractivity contribution in [3.63, 3.8) is 0 Å². The molecule has 5 rings (SSSR count). The van der Waals surface area contributed by atoms with Gasteiger partial charge in [-0.05, 0) is 59.9 Å². The number of methoxy groups -OCH3 is 1. The van der Waals surface area contributed by atoms with Crippen LogP contribution in [0.1, 0.15) is 53.6 Å². The van der Waals surface area contributed by atoms with Gasteiger partial charge in [-0.2, -0.15) is 0 Å². The molecule has 0 N–H and O–H groups in total. The van der Waals surface area contributed by atoms with Gasteiger partial charge in [-0.25, -0.2) is 0 Å². The van der Waals surface area contributed by atoms with E-state index in [4.69, 9.17) is 25.5 Å². The Morgan fingerprint density at radius 1 is 1.05 bits per heavy atom. The average molecular weight is 597 g/mol. The van der Waals surface area contributed by atoms with Gasteiger partial charge >= 0.3 is 0 Å². The second-order valence-electron chi connectivity index (χ2n) is 9.68. The Labute approximate surface area is 234 Å². The molecule has 0 bridgehead atoms. The maximum absolute atomic E-state index is 13.9. The summed E-state index contributed by atoms with van der Waals surface area (Å²) in [4.78, 5) is 29.2. The lowest BCUT2D eigenvalue weighted by atomic mass is 9.97. The molecule has 0 saturated carbocycles. The van der Waals surface area contributed by atoms with Gasteiger partial charge in [-0.15, -0.1) is 0 Å². The van der Waals surface area contributed by atoms with Crippen LogP contribution < -0.4 is 14.9 Å². The van der Waals surface area contributed by atoms with E-state index in [2.05, 4.69) is 29.8 Å². The van der Waals surface area contributed by atoms with E-state index in [-0.39, 0.29) is 23.6 Å². The maximum atomic E-state index is 13.9. The van der Waals surface area contributed by atoms with E-state index in [9.17, 15) is 9.59 Å².